The SMILES string of the molecule is CCOC(=O)c1c(NC(=O)COC(=O)c2ccc(OC)c(N)c2)sc2c1CCCCCC2. The Balaban J connectivity index is 1.71. The minimum absolute atomic E-state index is 0.211. The fourth-order valence-electron chi connectivity index (χ4n) is 3.67. The van der Waals surface area contributed by atoms with Gasteiger partial charge in [-0.2, -0.15) is 0 Å². The van der Waals surface area contributed by atoms with Gasteiger partial charge in [0.1, 0.15) is 10.8 Å². The zero-order valence-corrected chi connectivity index (χ0v) is 19.1. The van der Waals surface area contributed by atoms with Crippen molar-refractivity contribution in [2.45, 2.75) is 45.4 Å². The first-order valence-electron chi connectivity index (χ1n) is 10.7. The summed E-state index contributed by atoms with van der Waals surface area (Å²) in [6.45, 7) is 1.51. The number of methoxy groups -OCH3 is 1. The zero-order valence-electron chi connectivity index (χ0n) is 18.3. The third-order valence-corrected chi connectivity index (χ3v) is 6.41. The summed E-state index contributed by atoms with van der Waals surface area (Å²) in [4.78, 5) is 38.5. The van der Waals surface area contributed by atoms with E-state index in [1.807, 2.05) is 0 Å². The maximum absolute atomic E-state index is 12.6. The lowest BCUT2D eigenvalue weighted by Crippen LogP contribution is -2.22. The highest BCUT2D eigenvalue weighted by Crippen LogP contribution is 2.37. The smallest absolute Gasteiger partial charge is 0.341 e. The summed E-state index contributed by atoms with van der Waals surface area (Å²) in [5, 5.41) is 3.19. The van der Waals surface area contributed by atoms with Gasteiger partial charge in [0.15, 0.2) is 6.61 Å². The van der Waals surface area contributed by atoms with E-state index in [-0.39, 0.29) is 12.2 Å². The molecule has 9 heteroatoms. The number of fused-ring (bicyclic) bond motifs is 1. The highest BCUT2D eigenvalue weighted by molar-refractivity contribution is 7.17. The predicted octanol–water partition coefficient (Wildman–Crippen LogP) is 3.97. The second-order valence-electron chi connectivity index (χ2n) is 7.42. The van der Waals surface area contributed by atoms with E-state index < -0.39 is 24.5 Å². The summed E-state index contributed by atoms with van der Waals surface area (Å²) >= 11 is 1.40. The Kier molecular flexibility index (Phi) is 8.10. The van der Waals surface area contributed by atoms with Crippen molar-refractivity contribution in [2.75, 3.05) is 31.4 Å². The van der Waals surface area contributed by atoms with Gasteiger partial charge < -0.3 is 25.3 Å². The first-order valence-corrected chi connectivity index (χ1v) is 11.5. The fraction of sp³-hybridized carbons (Fsp3) is 0.435. The van der Waals surface area contributed by atoms with Crippen molar-refractivity contribution < 1.29 is 28.6 Å². The van der Waals surface area contributed by atoms with Gasteiger partial charge >= 0.3 is 11.9 Å². The van der Waals surface area contributed by atoms with E-state index in [0.29, 0.717) is 22.0 Å². The number of rotatable bonds is 7. The molecule has 1 aromatic heterocycles. The monoisotopic (exact) mass is 460 g/mol. The van der Waals surface area contributed by atoms with Crippen molar-refractivity contribution in [3.63, 3.8) is 0 Å². The lowest BCUT2D eigenvalue weighted by Gasteiger charge is -2.11. The fourth-order valence-corrected chi connectivity index (χ4v) is 4.96. The molecule has 172 valence electrons. The molecule has 0 atom stereocenters. The molecular formula is C23H28N2O6S. The van der Waals surface area contributed by atoms with Gasteiger partial charge in [-0.1, -0.05) is 12.8 Å². The normalized spacial score (nSPS) is 13.3. The van der Waals surface area contributed by atoms with Gasteiger partial charge in [-0.05, 0) is 56.4 Å². The number of nitrogens with two attached hydrogens (primary N) is 1. The number of hydrogen-bond acceptors (Lipinski definition) is 8. The summed E-state index contributed by atoms with van der Waals surface area (Å²) in [5.41, 5.74) is 7.71. The van der Waals surface area contributed by atoms with Crippen molar-refractivity contribution in [3.05, 3.63) is 39.8 Å². The average molecular weight is 461 g/mol. The molecule has 3 N–H and O–H groups in total. The van der Waals surface area contributed by atoms with Crippen molar-refractivity contribution in [1.82, 2.24) is 0 Å². The average Bonchev–Trinajstić information content (AvgIpc) is 3.08. The van der Waals surface area contributed by atoms with Crippen LogP contribution < -0.4 is 15.8 Å². The number of nitrogens with one attached hydrogen (secondary N) is 1. The third kappa shape index (κ3) is 5.59. The van der Waals surface area contributed by atoms with E-state index in [4.69, 9.17) is 19.9 Å². The molecule has 1 heterocycles. The van der Waals surface area contributed by atoms with Gasteiger partial charge in [-0.15, -0.1) is 11.3 Å². The van der Waals surface area contributed by atoms with Crippen LogP contribution in [0.4, 0.5) is 10.7 Å². The minimum atomic E-state index is -0.682. The maximum Gasteiger partial charge on any atom is 0.341 e. The number of anilines is 2. The second-order valence-corrected chi connectivity index (χ2v) is 8.53. The standard InChI is InChI=1S/C23H28N2O6S/c1-3-30-23(28)20-15-8-6-4-5-7-9-18(15)32-21(20)25-19(26)13-31-22(27)14-10-11-17(29-2)16(24)12-14/h10-12H,3-9,13,24H2,1-2H3,(H,25,26). The van der Waals surface area contributed by atoms with E-state index in [0.717, 1.165) is 49.0 Å². The van der Waals surface area contributed by atoms with Gasteiger partial charge in [-0.3, -0.25) is 4.79 Å². The number of amides is 1. The molecule has 0 fully saturated rings. The number of benzene rings is 1. The van der Waals surface area contributed by atoms with Crippen LogP contribution in [0.3, 0.4) is 0 Å². The Hall–Kier alpha value is -3.07. The van der Waals surface area contributed by atoms with Crippen LogP contribution in [0.25, 0.3) is 0 Å². The largest absolute Gasteiger partial charge is 0.495 e. The van der Waals surface area contributed by atoms with Crippen LogP contribution in [0.15, 0.2) is 18.2 Å². The van der Waals surface area contributed by atoms with Crippen LogP contribution in [0.5, 0.6) is 5.75 Å². The Morgan fingerprint density at radius 2 is 1.81 bits per heavy atom. The molecule has 3 rings (SSSR count). The van der Waals surface area contributed by atoms with Crippen molar-refractivity contribution in [3.8, 4) is 5.75 Å². The molecule has 0 saturated heterocycles. The molecule has 0 bridgehead atoms. The van der Waals surface area contributed by atoms with Gasteiger partial charge in [-0.25, -0.2) is 9.59 Å². The van der Waals surface area contributed by atoms with Crippen molar-refractivity contribution in [1.29, 1.82) is 0 Å². The van der Waals surface area contributed by atoms with Crippen LogP contribution >= 0.6 is 11.3 Å². The lowest BCUT2D eigenvalue weighted by atomic mass is 9.96. The molecule has 0 unspecified atom stereocenters. The van der Waals surface area contributed by atoms with Gasteiger partial charge in [0.05, 0.1) is 30.5 Å². The number of thiophene rings is 1. The number of carbonyl (C=O) groups is 3. The number of aryl methyl sites for hydroxylation is 1. The zero-order chi connectivity index (χ0) is 23.1. The van der Waals surface area contributed by atoms with Gasteiger partial charge in [0.25, 0.3) is 5.91 Å². The Bertz CT molecular complexity index is 1000. The van der Waals surface area contributed by atoms with Crippen molar-refractivity contribution >= 4 is 39.9 Å². The van der Waals surface area contributed by atoms with E-state index in [1.54, 1.807) is 13.0 Å². The molecule has 1 amide bonds. The van der Waals surface area contributed by atoms with Crippen LogP contribution in [0.1, 0.15) is 63.8 Å². The van der Waals surface area contributed by atoms with E-state index >= 15 is 0 Å². The minimum Gasteiger partial charge on any atom is -0.495 e. The van der Waals surface area contributed by atoms with E-state index in [2.05, 4.69) is 5.32 Å². The van der Waals surface area contributed by atoms with Crippen LogP contribution in [-0.4, -0.2) is 38.2 Å². The highest BCUT2D eigenvalue weighted by Gasteiger charge is 2.26. The van der Waals surface area contributed by atoms with E-state index in [1.165, 1.54) is 30.6 Å². The topological polar surface area (TPSA) is 117 Å². The maximum atomic E-state index is 12.6. The predicted molar refractivity (Wildman–Crippen MR) is 122 cm³/mol. The summed E-state index contributed by atoms with van der Waals surface area (Å²) < 4.78 is 15.4. The number of esters is 2. The Morgan fingerprint density at radius 3 is 2.50 bits per heavy atom. The van der Waals surface area contributed by atoms with Crippen LogP contribution in [0, 0.1) is 0 Å². The number of carbonyl (C=O) groups excluding carboxylic acids is 3. The molecule has 0 radical (unpaired) electrons. The molecule has 0 saturated carbocycles. The second kappa shape index (κ2) is 11.0. The molecule has 0 aliphatic heterocycles. The van der Waals surface area contributed by atoms with Gasteiger partial charge in [0, 0.05) is 4.88 Å². The Labute approximate surface area is 191 Å². The van der Waals surface area contributed by atoms with Crippen LogP contribution in [-0.2, 0) is 27.1 Å². The molecule has 1 aromatic carbocycles. The van der Waals surface area contributed by atoms with E-state index in [9.17, 15) is 14.4 Å². The van der Waals surface area contributed by atoms with Crippen LogP contribution in [0.2, 0.25) is 0 Å². The Morgan fingerprint density at radius 1 is 1.06 bits per heavy atom. The molecule has 32 heavy (non-hydrogen) atoms. The summed E-state index contributed by atoms with van der Waals surface area (Å²) in [5.74, 6) is -1.20. The van der Waals surface area contributed by atoms with Crippen molar-refractivity contribution in [2.24, 2.45) is 0 Å². The first-order chi connectivity index (χ1) is 15.4. The number of nitrogen functional groups attached to an aromatic ring is 1. The molecule has 0 spiro atoms. The molecule has 2 aromatic rings. The van der Waals surface area contributed by atoms with Gasteiger partial charge in [0.2, 0.25) is 0 Å². The summed E-state index contributed by atoms with van der Waals surface area (Å²) in [6, 6.07) is 4.49. The molecule has 1 aliphatic rings. The summed E-state index contributed by atoms with van der Waals surface area (Å²) in [6.07, 6.45) is 5.96. The third-order valence-electron chi connectivity index (χ3n) is 5.20. The number of ether oxygens (including phenoxy) is 3. The lowest BCUT2D eigenvalue weighted by molar-refractivity contribution is -0.119. The summed E-state index contributed by atoms with van der Waals surface area (Å²) in [7, 11) is 1.48. The first kappa shape index (κ1) is 23.6. The number of hydrogen-bond donors (Lipinski definition) is 2. The quantitative estimate of drug-likeness (QED) is 0.474. The molecular weight excluding hydrogens is 432 g/mol. The highest BCUT2D eigenvalue weighted by atomic mass is 32.1. The molecule has 1 aliphatic carbocycles. The molecule has 8 nitrogen and oxygen atoms in total.